The fourth-order valence-corrected chi connectivity index (χ4v) is 1.21. The molecule has 1 rings (SSSR count). The van der Waals surface area contributed by atoms with Crippen molar-refractivity contribution in [2.24, 2.45) is 5.92 Å². The van der Waals surface area contributed by atoms with Crippen molar-refractivity contribution in [2.75, 3.05) is 13.2 Å². The Labute approximate surface area is 73.5 Å². The molecule has 3 nitrogen and oxygen atoms in total. The van der Waals surface area contributed by atoms with Gasteiger partial charge in [-0.05, 0) is 13.3 Å². The molecule has 1 atom stereocenters. The van der Waals surface area contributed by atoms with Gasteiger partial charge < -0.3 is 10.1 Å². The lowest BCUT2D eigenvalue weighted by molar-refractivity contribution is -0.125. The number of amides is 1. The maximum Gasteiger partial charge on any atom is 0.223 e. The molecule has 1 heterocycles. The van der Waals surface area contributed by atoms with Gasteiger partial charge in [0.1, 0.15) is 0 Å². The van der Waals surface area contributed by atoms with Gasteiger partial charge in [-0.3, -0.25) is 4.79 Å². The van der Waals surface area contributed by atoms with E-state index in [0.29, 0.717) is 6.61 Å². The van der Waals surface area contributed by atoms with Gasteiger partial charge in [-0.2, -0.15) is 0 Å². The van der Waals surface area contributed by atoms with Crippen LogP contribution in [0.3, 0.4) is 0 Å². The minimum absolute atomic E-state index is 0.0578. The Morgan fingerprint density at radius 2 is 2.25 bits per heavy atom. The van der Waals surface area contributed by atoms with E-state index in [1.807, 2.05) is 20.8 Å². The summed E-state index contributed by atoms with van der Waals surface area (Å²) in [5.74, 6) is 0.172. The molecule has 0 bridgehead atoms. The van der Waals surface area contributed by atoms with E-state index in [9.17, 15) is 4.79 Å². The normalized spacial score (nSPS) is 29.3. The third kappa shape index (κ3) is 2.21. The van der Waals surface area contributed by atoms with Gasteiger partial charge in [-0.25, -0.2) is 0 Å². The second-order valence-electron chi connectivity index (χ2n) is 4.01. The fourth-order valence-electron chi connectivity index (χ4n) is 1.21. The molecule has 70 valence electrons. The van der Waals surface area contributed by atoms with Crippen molar-refractivity contribution in [3.63, 3.8) is 0 Å². The SMILES string of the molecule is CC(C)C(=O)NC1(C)CCOC1. The van der Waals surface area contributed by atoms with Gasteiger partial charge in [0.2, 0.25) is 5.91 Å². The average molecular weight is 171 g/mol. The molecule has 0 radical (unpaired) electrons. The number of rotatable bonds is 2. The van der Waals surface area contributed by atoms with Gasteiger partial charge in [-0.1, -0.05) is 13.8 Å². The molecule has 1 N–H and O–H groups in total. The first-order valence-electron chi connectivity index (χ1n) is 4.43. The number of carbonyl (C=O) groups excluding carboxylic acids is 1. The van der Waals surface area contributed by atoms with Crippen molar-refractivity contribution in [3.8, 4) is 0 Å². The highest BCUT2D eigenvalue weighted by Crippen LogP contribution is 2.17. The van der Waals surface area contributed by atoms with Crippen LogP contribution < -0.4 is 5.32 Å². The molecule has 1 aliphatic rings. The molecule has 3 heteroatoms. The maximum atomic E-state index is 11.3. The van der Waals surface area contributed by atoms with E-state index in [0.717, 1.165) is 13.0 Å². The number of hydrogen-bond donors (Lipinski definition) is 1. The molecule has 1 aliphatic heterocycles. The van der Waals surface area contributed by atoms with E-state index in [1.54, 1.807) is 0 Å². The van der Waals surface area contributed by atoms with Crippen LogP contribution in [0.25, 0.3) is 0 Å². The highest BCUT2D eigenvalue weighted by atomic mass is 16.5. The molecular weight excluding hydrogens is 154 g/mol. The van der Waals surface area contributed by atoms with E-state index in [2.05, 4.69) is 5.32 Å². The summed E-state index contributed by atoms with van der Waals surface area (Å²) in [6.07, 6.45) is 0.922. The van der Waals surface area contributed by atoms with Crippen molar-refractivity contribution in [3.05, 3.63) is 0 Å². The molecule has 1 saturated heterocycles. The standard InChI is InChI=1S/C9H17NO2/c1-7(2)8(11)10-9(3)4-5-12-6-9/h7H,4-6H2,1-3H3,(H,10,11). The van der Waals surface area contributed by atoms with Crippen LogP contribution in [0.15, 0.2) is 0 Å². The number of carbonyl (C=O) groups is 1. The van der Waals surface area contributed by atoms with Crippen LogP contribution in [0, 0.1) is 5.92 Å². The van der Waals surface area contributed by atoms with E-state index in [1.165, 1.54) is 0 Å². The molecule has 0 aromatic heterocycles. The second kappa shape index (κ2) is 3.44. The molecule has 0 saturated carbocycles. The summed E-state index contributed by atoms with van der Waals surface area (Å²) in [5.41, 5.74) is -0.124. The molecule has 0 aromatic rings. The summed E-state index contributed by atoms with van der Waals surface area (Å²) in [6, 6.07) is 0. The summed E-state index contributed by atoms with van der Waals surface area (Å²) < 4.78 is 5.23. The second-order valence-corrected chi connectivity index (χ2v) is 4.01. The summed E-state index contributed by atoms with van der Waals surface area (Å²) in [7, 11) is 0. The molecule has 0 aliphatic carbocycles. The Bertz CT molecular complexity index is 171. The van der Waals surface area contributed by atoms with Crippen molar-refractivity contribution in [1.82, 2.24) is 5.32 Å². The van der Waals surface area contributed by atoms with Crippen LogP contribution in [0.5, 0.6) is 0 Å². The summed E-state index contributed by atoms with van der Waals surface area (Å²) in [6.45, 7) is 7.23. The van der Waals surface area contributed by atoms with Crippen LogP contribution in [0.2, 0.25) is 0 Å². The van der Waals surface area contributed by atoms with Gasteiger partial charge in [0.15, 0.2) is 0 Å². The van der Waals surface area contributed by atoms with E-state index in [4.69, 9.17) is 4.74 Å². The molecular formula is C9H17NO2. The van der Waals surface area contributed by atoms with E-state index >= 15 is 0 Å². The van der Waals surface area contributed by atoms with Crippen molar-refractivity contribution < 1.29 is 9.53 Å². The molecule has 1 fully saturated rings. The third-order valence-corrected chi connectivity index (χ3v) is 2.17. The smallest absolute Gasteiger partial charge is 0.223 e. The highest BCUT2D eigenvalue weighted by Gasteiger charge is 2.31. The first-order chi connectivity index (χ1) is 5.53. The number of ether oxygens (including phenoxy) is 1. The van der Waals surface area contributed by atoms with Crippen LogP contribution in [0.1, 0.15) is 27.2 Å². The topological polar surface area (TPSA) is 38.3 Å². The van der Waals surface area contributed by atoms with Crippen molar-refractivity contribution in [1.29, 1.82) is 0 Å². The quantitative estimate of drug-likeness (QED) is 0.671. The van der Waals surface area contributed by atoms with Crippen molar-refractivity contribution >= 4 is 5.91 Å². The number of hydrogen-bond acceptors (Lipinski definition) is 2. The zero-order chi connectivity index (χ0) is 9.19. The Morgan fingerprint density at radius 1 is 1.58 bits per heavy atom. The van der Waals surface area contributed by atoms with Crippen LogP contribution in [0.4, 0.5) is 0 Å². The lowest BCUT2D eigenvalue weighted by atomic mass is 10.0. The van der Waals surface area contributed by atoms with Crippen LogP contribution in [-0.2, 0) is 9.53 Å². The fraction of sp³-hybridized carbons (Fsp3) is 0.889. The Kier molecular flexibility index (Phi) is 2.73. The number of nitrogens with one attached hydrogen (secondary N) is 1. The van der Waals surface area contributed by atoms with Gasteiger partial charge in [0.05, 0.1) is 12.1 Å². The third-order valence-electron chi connectivity index (χ3n) is 2.17. The minimum atomic E-state index is -0.124. The van der Waals surface area contributed by atoms with Crippen molar-refractivity contribution in [2.45, 2.75) is 32.7 Å². The van der Waals surface area contributed by atoms with Crippen LogP contribution >= 0.6 is 0 Å². The summed E-state index contributed by atoms with van der Waals surface area (Å²) in [4.78, 5) is 11.3. The molecule has 12 heavy (non-hydrogen) atoms. The Hall–Kier alpha value is -0.570. The van der Waals surface area contributed by atoms with Gasteiger partial charge in [-0.15, -0.1) is 0 Å². The molecule has 1 unspecified atom stereocenters. The minimum Gasteiger partial charge on any atom is -0.379 e. The van der Waals surface area contributed by atoms with Crippen LogP contribution in [-0.4, -0.2) is 24.7 Å². The van der Waals surface area contributed by atoms with Gasteiger partial charge >= 0.3 is 0 Å². The van der Waals surface area contributed by atoms with E-state index < -0.39 is 0 Å². The average Bonchev–Trinajstić information content (AvgIpc) is 2.35. The van der Waals surface area contributed by atoms with E-state index in [-0.39, 0.29) is 17.4 Å². The maximum absolute atomic E-state index is 11.3. The Balaban J connectivity index is 2.44. The monoisotopic (exact) mass is 171 g/mol. The van der Waals surface area contributed by atoms with Gasteiger partial charge in [0, 0.05) is 12.5 Å². The lowest BCUT2D eigenvalue weighted by Gasteiger charge is -2.24. The molecule has 1 amide bonds. The molecule has 0 spiro atoms. The zero-order valence-electron chi connectivity index (χ0n) is 8.02. The summed E-state index contributed by atoms with van der Waals surface area (Å²) in [5, 5.41) is 2.99. The largest absolute Gasteiger partial charge is 0.379 e. The predicted molar refractivity (Wildman–Crippen MR) is 46.8 cm³/mol. The summed E-state index contributed by atoms with van der Waals surface area (Å²) >= 11 is 0. The first-order valence-corrected chi connectivity index (χ1v) is 4.43. The first kappa shape index (κ1) is 9.52. The zero-order valence-corrected chi connectivity index (χ0v) is 8.02. The molecule has 0 aromatic carbocycles. The lowest BCUT2D eigenvalue weighted by Crippen LogP contribution is -2.47. The highest BCUT2D eigenvalue weighted by molar-refractivity contribution is 5.78. The predicted octanol–water partition coefficient (Wildman–Crippen LogP) is 0.938. The Morgan fingerprint density at radius 3 is 2.67 bits per heavy atom. The van der Waals surface area contributed by atoms with Gasteiger partial charge in [0.25, 0.3) is 0 Å².